The highest BCUT2D eigenvalue weighted by Crippen LogP contribution is 2.33. The summed E-state index contributed by atoms with van der Waals surface area (Å²) in [7, 11) is 0. The highest BCUT2D eigenvalue weighted by Gasteiger charge is 2.22. The number of hydrogen-bond acceptors (Lipinski definition) is 3. The monoisotopic (exact) mass is 374 g/mol. The molecule has 1 N–H and O–H groups in total. The zero-order valence-corrected chi connectivity index (χ0v) is 16.5. The van der Waals surface area contributed by atoms with E-state index in [-0.39, 0.29) is 5.91 Å². The van der Waals surface area contributed by atoms with Gasteiger partial charge in [-0.3, -0.25) is 14.5 Å². The Balaban J connectivity index is 1.54. The predicted octanol–water partition coefficient (Wildman–Crippen LogP) is 4.61. The first-order valence-electron chi connectivity index (χ1n) is 9.96. The van der Waals surface area contributed by atoms with E-state index >= 15 is 0 Å². The van der Waals surface area contributed by atoms with Crippen LogP contribution in [0.5, 0.6) is 0 Å². The molecule has 2 heterocycles. The largest absolute Gasteiger partial charge is 0.346 e. The highest BCUT2D eigenvalue weighted by molar-refractivity contribution is 5.94. The fourth-order valence-corrected chi connectivity index (χ4v) is 3.85. The van der Waals surface area contributed by atoms with E-state index in [4.69, 9.17) is 5.10 Å². The summed E-state index contributed by atoms with van der Waals surface area (Å²) in [5, 5.41) is 7.86. The molecule has 0 aliphatic heterocycles. The number of benzene rings is 1. The Morgan fingerprint density at radius 2 is 1.82 bits per heavy atom. The smallest absolute Gasteiger partial charge is 0.251 e. The van der Waals surface area contributed by atoms with E-state index in [9.17, 15) is 4.79 Å². The molecule has 0 atom stereocenters. The third kappa shape index (κ3) is 3.84. The van der Waals surface area contributed by atoms with E-state index in [1.165, 1.54) is 18.4 Å². The second-order valence-corrected chi connectivity index (χ2v) is 7.62. The average molecular weight is 374 g/mol. The van der Waals surface area contributed by atoms with Gasteiger partial charge in [0.2, 0.25) is 0 Å². The van der Waals surface area contributed by atoms with Gasteiger partial charge in [0, 0.05) is 23.5 Å². The molecule has 0 saturated heterocycles. The van der Waals surface area contributed by atoms with Crippen LogP contribution in [0, 0.1) is 13.8 Å². The molecule has 2 aromatic heterocycles. The van der Waals surface area contributed by atoms with Crippen LogP contribution in [0.2, 0.25) is 0 Å². The van der Waals surface area contributed by atoms with E-state index in [0.717, 1.165) is 35.4 Å². The van der Waals surface area contributed by atoms with E-state index in [1.54, 1.807) is 0 Å². The van der Waals surface area contributed by atoms with Crippen LogP contribution in [0.4, 0.5) is 0 Å². The fraction of sp³-hybridized carbons (Fsp3) is 0.348. The minimum atomic E-state index is -0.0658. The quantitative estimate of drug-likeness (QED) is 0.710. The number of hydrogen-bond donors (Lipinski definition) is 1. The molecule has 1 saturated carbocycles. The molecule has 0 unspecified atom stereocenters. The van der Waals surface area contributed by atoms with Crippen LogP contribution in [0.3, 0.4) is 0 Å². The SMILES string of the molecule is Cc1ccc(C(=O)NCc2cc(-c3ccncc3)n(C3CCCC3)n2)cc1C. The molecule has 0 spiro atoms. The summed E-state index contributed by atoms with van der Waals surface area (Å²) < 4.78 is 2.15. The van der Waals surface area contributed by atoms with Crippen molar-refractivity contribution in [1.29, 1.82) is 0 Å². The van der Waals surface area contributed by atoms with Crippen LogP contribution in [-0.4, -0.2) is 20.7 Å². The standard InChI is InChI=1S/C23H26N4O/c1-16-7-8-19(13-17(16)2)23(28)25-15-20-14-22(18-9-11-24-12-10-18)27(26-20)21-5-3-4-6-21/h7-14,21H,3-6,15H2,1-2H3,(H,25,28). The van der Waals surface area contributed by atoms with Gasteiger partial charge < -0.3 is 5.32 Å². The zero-order chi connectivity index (χ0) is 19.5. The molecular weight excluding hydrogens is 348 g/mol. The number of rotatable bonds is 5. The van der Waals surface area contributed by atoms with Gasteiger partial charge in [-0.2, -0.15) is 5.10 Å². The summed E-state index contributed by atoms with van der Waals surface area (Å²) in [6, 6.07) is 12.4. The number of carbonyl (C=O) groups excluding carboxylic acids is 1. The number of aryl methyl sites for hydroxylation is 2. The summed E-state index contributed by atoms with van der Waals surface area (Å²) in [4.78, 5) is 16.7. The molecule has 1 fully saturated rings. The van der Waals surface area contributed by atoms with Gasteiger partial charge in [0.05, 0.1) is 24.0 Å². The van der Waals surface area contributed by atoms with Crippen molar-refractivity contribution in [2.75, 3.05) is 0 Å². The first-order chi connectivity index (χ1) is 13.6. The summed E-state index contributed by atoms with van der Waals surface area (Å²) in [5.41, 5.74) is 6.10. The average Bonchev–Trinajstić information content (AvgIpc) is 3.38. The van der Waals surface area contributed by atoms with Gasteiger partial charge in [-0.1, -0.05) is 18.9 Å². The first kappa shape index (κ1) is 18.4. The number of pyridine rings is 1. The number of nitrogens with zero attached hydrogens (tertiary/aromatic N) is 3. The van der Waals surface area contributed by atoms with Gasteiger partial charge in [-0.25, -0.2) is 0 Å². The summed E-state index contributed by atoms with van der Waals surface area (Å²) in [5.74, 6) is -0.0658. The Morgan fingerprint density at radius 3 is 2.54 bits per heavy atom. The Kier molecular flexibility index (Phi) is 5.24. The lowest BCUT2D eigenvalue weighted by atomic mass is 10.1. The second kappa shape index (κ2) is 7.97. The van der Waals surface area contributed by atoms with E-state index < -0.39 is 0 Å². The fourth-order valence-electron chi connectivity index (χ4n) is 3.85. The number of amides is 1. The van der Waals surface area contributed by atoms with E-state index in [0.29, 0.717) is 18.2 Å². The van der Waals surface area contributed by atoms with Crippen molar-refractivity contribution in [1.82, 2.24) is 20.1 Å². The van der Waals surface area contributed by atoms with Gasteiger partial charge in [0.15, 0.2) is 0 Å². The van der Waals surface area contributed by atoms with Gasteiger partial charge in [-0.15, -0.1) is 0 Å². The second-order valence-electron chi connectivity index (χ2n) is 7.62. The predicted molar refractivity (Wildman–Crippen MR) is 110 cm³/mol. The van der Waals surface area contributed by atoms with Crippen molar-refractivity contribution >= 4 is 5.91 Å². The molecule has 0 radical (unpaired) electrons. The third-order valence-electron chi connectivity index (χ3n) is 5.63. The van der Waals surface area contributed by atoms with Crippen molar-refractivity contribution in [2.24, 2.45) is 0 Å². The molecule has 1 aliphatic rings. The normalized spacial score (nSPS) is 14.4. The Bertz CT molecular complexity index is 972. The molecule has 5 heteroatoms. The minimum absolute atomic E-state index is 0.0658. The lowest BCUT2D eigenvalue weighted by Crippen LogP contribution is -2.23. The maximum Gasteiger partial charge on any atom is 0.251 e. The van der Waals surface area contributed by atoms with Crippen LogP contribution in [0.25, 0.3) is 11.3 Å². The molecule has 144 valence electrons. The molecular formula is C23H26N4O. The molecule has 0 bridgehead atoms. The third-order valence-corrected chi connectivity index (χ3v) is 5.63. The van der Waals surface area contributed by atoms with Crippen molar-refractivity contribution in [3.63, 3.8) is 0 Å². The maximum atomic E-state index is 12.5. The van der Waals surface area contributed by atoms with E-state index in [2.05, 4.69) is 21.0 Å². The van der Waals surface area contributed by atoms with Crippen molar-refractivity contribution in [3.05, 3.63) is 71.2 Å². The molecule has 3 aromatic rings. The van der Waals surface area contributed by atoms with Crippen LogP contribution < -0.4 is 5.32 Å². The molecule has 1 amide bonds. The topological polar surface area (TPSA) is 59.8 Å². The molecule has 4 rings (SSSR count). The highest BCUT2D eigenvalue weighted by atomic mass is 16.1. The lowest BCUT2D eigenvalue weighted by molar-refractivity contribution is 0.0950. The van der Waals surface area contributed by atoms with Crippen molar-refractivity contribution in [2.45, 2.75) is 52.1 Å². The first-order valence-corrected chi connectivity index (χ1v) is 9.96. The molecule has 5 nitrogen and oxygen atoms in total. The Labute approximate surface area is 165 Å². The molecule has 1 aliphatic carbocycles. The van der Waals surface area contributed by atoms with Crippen molar-refractivity contribution < 1.29 is 4.79 Å². The summed E-state index contributed by atoms with van der Waals surface area (Å²) >= 11 is 0. The van der Waals surface area contributed by atoms with Gasteiger partial charge >= 0.3 is 0 Å². The van der Waals surface area contributed by atoms with E-state index in [1.807, 2.05) is 56.6 Å². The summed E-state index contributed by atoms with van der Waals surface area (Å²) in [6.45, 7) is 4.49. The molecule has 28 heavy (non-hydrogen) atoms. The zero-order valence-electron chi connectivity index (χ0n) is 16.5. The van der Waals surface area contributed by atoms with Crippen LogP contribution >= 0.6 is 0 Å². The van der Waals surface area contributed by atoms with Crippen LogP contribution in [0.1, 0.15) is 58.9 Å². The Hall–Kier alpha value is -2.95. The van der Waals surface area contributed by atoms with Crippen LogP contribution in [0.15, 0.2) is 48.8 Å². The van der Waals surface area contributed by atoms with Crippen molar-refractivity contribution in [3.8, 4) is 11.3 Å². The van der Waals surface area contributed by atoms with Crippen LogP contribution in [-0.2, 0) is 6.54 Å². The summed E-state index contributed by atoms with van der Waals surface area (Å²) in [6.07, 6.45) is 8.44. The van der Waals surface area contributed by atoms with Gasteiger partial charge in [0.25, 0.3) is 5.91 Å². The van der Waals surface area contributed by atoms with Gasteiger partial charge in [-0.05, 0) is 68.1 Å². The number of aromatic nitrogens is 3. The van der Waals surface area contributed by atoms with Gasteiger partial charge in [0.1, 0.15) is 0 Å². The lowest BCUT2D eigenvalue weighted by Gasteiger charge is -2.14. The number of carbonyl (C=O) groups is 1. The Morgan fingerprint density at radius 1 is 1.07 bits per heavy atom. The molecule has 1 aromatic carbocycles. The maximum absolute atomic E-state index is 12.5. The minimum Gasteiger partial charge on any atom is -0.346 e. The number of nitrogens with one attached hydrogen (secondary N) is 1.